The molecule has 1 heterocycles. The van der Waals surface area contributed by atoms with Crippen molar-refractivity contribution in [1.82, 2.24) is 9.88 Å². The minimum Gasteiger partial charge on any atom is -0.497 e. The predicted octanol–water partition coefficient (Wildman–Crippen LogP) is 5.56. The molecular weight excluding hydrogens is 485 g/mol. The topological polar surface area (TPSA) is 63.7 Å². The average molecular weight is 513 g/mol. The highest BCUT2D eigenvalue weighted by molar-refractivity contribution is 6.31. The van der Waals surface area contributed by atoms with Crippen LogP contribution < -0.4 is 10.1 Å². The average Bonchev–Trinajstić information content (AvgIpc) is 2.81. The van der Waals surface area contributed by atoms with Gasteiger partial charge >= 0.3 is 5.97 Å². The number of ether oxygens (including phenoxy) is 2. The van der Waals surface area contributed by atoms with Gasteiger partial charge in [-0.2, -0.15) is 0 Å². The number of hydrogen-bond acceptors (Lipinski definition) is 6. The first-order chi connectivity index (χ1) is 16.0. The van der Waals surface area contributed by atoms with Crippen LogP contribution in [0.15, 0.2) is 36.4 Å². The number of carbonyl (C=O) groups excluding carboxylic acids is 1. The van der Waals surface area contributed by atoms with Gasteiger partial charge in [0.2, 0.25) is 0 Å². The monoisotopic (exact) mass is 511 g/mol. The first-order valence-corrected chi connectivity index (χ1v) is 12.3. The van der Waals surface area contributed by atoms with Crippen LogP contribution >= 0.6 is 34.8 Å². The maximum absolute atomic E-state index is 12.1. The third kappa shape index (κ3) is 7.24. The Kier molecular flexibility index (Phi) is 10.1. The molecule has 0 radical (unpaired) electrons. The Hall–Kier alpha value is -1.99. The Morgan fingerprint density at radius 1 is 1.03 bits per heavy atom. The Bertz CT molecular complexity index is 1070. The highest BCUT2D eigenvalue weighted by Crippen LogP contribution is 2.34. The third-order valence-electron chi connectivity index (χ3n) is 5.26. The zero-order valence-corrected chi connectivity index (χ0v) is 20.8. The molecule has 0 aliphatic heterocycles. The predicted molar refractivity (Wildman–Crippen MR) is 137 cm³/mol. The molecule has 0 amide bonds. The van der Waals surface area contributed by atoms with Crippen LogP contribution in [0.3, 0.4) is 0 Å². The lowest BCUT2D eigenvalue weighted by Crippen LogP contribution is -2.30. The lowest BCUT2D eigenvalue weighted by Gasteiger charge is -2.19. The molecule has 0 unspecified atom stereocenters. The zero-order valence-electron chi connectivity index (χ0n) is 18.6. The van der Waals surface area contributed by atoms with Crippen molar-refractivity contribution in [3.05, 3.63) is 41.4 Å². The van der Waals surface area contributed by atoms with Gasteiger partial charge in [-0.25, -0.2) is 4.98 Å². The summed E-state index contributed by atoms with van der Waals surface area (Å²) in [6.45, 7) is 2.97. The second-order valence-electron chi connectivity index (χ2n) is 7.50. The number of hydrogen-bond donors (Lipinski definition) is 1. The quantitative estimate of drug-likeness (QED) is 0.140. The maximum Gasteiger partial charge on any atom is 0.307 e. The summed E-state index contributed by atoms with van der Waals surface area (Å²) >= 11 is 17.8. The molecule has 178 valence electrons. The largest absolute Gasteiger partial charge is 0.497 e. The van der Waals surface area contributed by atoms with Crippen LogP contribution in [0.25, 0.3) is 21.8 Å². The number of aromatic nitrogens is 1. The lowest BCUT2D eigenvalue weighted by atomic mass is 10.1. The number of benzene rings is 2. The second-order valence-corrected chi connectivity index (χ2v) is 8.69. The fourth-order valence-electron chi connectivity index (χ4n) is 3.58. The summed E-state index contributed by atoms with van der Waals surface area (Å²) in [6.07, 6.45) is 0.989. The summed E-state index contributed by atoms with van der Waals surface area (Å²) in [6, 6.07) is 11.4. The molecule has 2 aromatic carbocycles. The maximum atomic E-state index is 12.1. The Labute approximate surface area is 209 Å². The Morgan fingerprint density at radius 3 is 2.55 bits per heavy atom. The van der Waals surface area contributed by atoms with E-state index in [9.17, 15) is 4.79 Å². The van der Waals surface area contributed by atoms with E-state index in [0.717, 1.165) is 33.2 Å². The van der Waals surface area contributed by atoms with Crippen molar-refractivity contribution in [3.63, 3.8) is 0 Å². The number of halogens is 3. The highest BCUT2D eigenvalue weighted by Gasteiger charge is 2.12. The van der Waals surface area contributed by atoms with Crippen LogP contribution in [0, 0.1) is 0 Å². The molecule has 0 fully saturated rings. The minimum atomic E-state index is -0.219. The van der Waals surface area contributed by atoms with Crippen LogP contribution in [0.4, 0.5) is 5.69 Å². The van der Waals surface area contributed by atoms with Crippen LogP contribution in [-0.2, 0) is 9.53 Å². The van der Waals surface area contributed by atoms with E-state index in [1.165, 1.54) is 0 Å². The molecule has 0 saturated heterocycles. The number of rotatable bonds is 13. The minimum absolute atomic E-state index is 0.219. The highest BCUT2D eigenvalue weighted by atomic mass is 35.5. The fraction of sp³-hybridized carbons (Fsp3) is 0.417. The molecule has 3 rings (SSSR count). The van der Waals surface area contributed by atoms with E-state index >= 15 is 0 Å². The van der Waals surface area contributed by atoms with Gasteiger partial charge in [0.15, 0.2) is 0 Å². The third-order valence-corrected chi connectivity index (χ3v) is 5.84. The first kappa shape index (κ1) is 25.6. The van der Waals surface area contributed by atoms with Gasteiger partial charge in [0, 0.05) is 53.7 Å². The van der Waals surface area contributed by atoms with Crippen LogP contribution in [0.5, 0.6) is 5.75 Å². The SMILES string of the molecule is COc1ccc2nc3cc(Cl)ccc3c(NCCCOC(=O)CCN(CCCl)CCCl)c2c1. The summed E-state index contributed by atoms with van der Waals surface area (Å²) in [4.78, 5) is 18.9. The van der Waals surface area contributed by atoms with E-state index in [2.05, 4.69) is 10.2 Å². The molecule has 0 aliphatic carbocycles. The van der Waals surface area contributed by atoms with E-state index in [0.29, 0.717) is 62.4 Å². The van der Waals surface area contributed by atoms with Crippen LogP contribution in [-0.4, -0.2) is 67.5 Å². The van der Waals surface area contributed by atoms with E-state index in [1.807, 2.05) is 36.4 Å². The molecule has 0 atom stereocenters. The Morgan fingerprint density at radius 2 is 1.82 bits per heavy atom. The van der Waals surface area contributed by atoms with E-state index in [-0.39, 0.29) is 5.97 Å². The summed E-state index contributed by atoms with van der Waals surface area (Å²) in [7, 11) is 1.64. The summed E-state index contributed by atoms with van der Waals surface area (Å²) in [5.41, 5.74) is 2.61. The van der Waals surface area contributed by atoms with Crippen molar-refractivity contribution >= 4 is 68.3 Å². The van der Waals surface area contributed by atoms with E-state index in [4.69, 9.17) is 49.3 Å². The van der Waals surface area contributed by atoms with Crippen molar-refractivity contribution in [3.8, 4) is 5.75 Å². The molecule has 9 heteroatoms. The Balaban J connectivity index is 1.59. The van der Waals surface area contributed by atoms with Gasteiger partial charge < -0.3 is 19.7 Å². The van der Waals surface area contributed by atoms with Gasteiger partial charge in [-0.05, 0) is 42.8 Å². The number of esters is 1. The van der Waals surface area contributed by atoms with Gasteiger partial charge in [0.1, 0.15) is 5.75 Å². The number of nitrogens with zero attached hydrogens (tertiary/aromatic N) is 2. The van der Waals surface area contributed by atoms with Gasteiger partial charge in [-0.15, -0.1) is 23.2 Å². The molecule has 0 saturated carbocycles. The molecule has 6 nitrogen and oxygen atoms in total. The number of nitrogens with one attached hydrogen (secondary N) is 1. The van der Waals surface area contributed by atoms with E-state index < -0.39 is 0 Å². The zero-order chi connectivity index (χ0) is 23.6. The van der Waals surface area contributed by atoms with Gasteiger partial charge in [0.05, 0.1) is 36.9 Å². The normalized spacial score (nSPS) is 11.3. The molecular formula is C24H28Cl3N3O3. The van der Waals surface area contributed by atoms with Gasteiger partial charge in [0.25, 0.3) is 0 Å². The van der Waals surface area contributed by atoms with Gasteiger partial charge in [-0.1, -0.05) is 11.6 Å². The van der Waals surface area contributed by atoms with Crippen LogP contribution in [0.1, 0.15) is 12.8 Å². The smallest absolute Gasteiger partial charge is 0.307 e. The molecule has 3 aromatic rings. The fourth-order valence-corrected chi connectivity index (χ4v) is 4.23. The van der Waals surface area contributed by atoms with Gasteiger partial charge in [-0.3, -0.25) is 4.79 Å². The van der Waals surface area contributed by atoms with Crippen molar-refractivity contribution in [1.29, 1.82) is 0 Å². The van der Waals surface area contributed by atoms with Crippen molar-refractivity contribution in [2.75, 3.05) is 57.0 Å². The second kappa shape index (κ2) is 13.0. The number of alkyl halides is 2. The number of fused-ring (bicyclic) bond motifs is 2. The molecule has 33 heavy (non-hydrogen) atoms. The molecule has 0 bridgehead atoms. The summed E-state index contributed by atoms with van der Waals surface area (Å²) in [5.74, 6) is 1.55. The molecule has 1 aromatic heterocycles. The first-order valence-electron chi connectivity index (χ1n) is 10.9. The summed E-state index contributed by atoms with van der Waals surface area (Å²) < 4.78 is 10.8. The standard InChI is InChI=1S/C24H28Cl3N3O3/c1-32-18-4-6-21-20(16-18)24(19-5-3-17(27)15-22(19)29-21)28-10-2-14-33-23(31)7-11-30(12-8-25)13-9-26/h3-6,15-16H,2,7-14H2,1H3,(H,28,29). The molecule has 1 N–H and O–H groups in total. The molecule has 0 spiro atoms. The number of carbonyl (C=O) groups is 1. The van der Waals surface area contributed by atoms with Crippen molar-refractivity contribution in [2.45, 2.75) is 12.8 Å². The summed E-state index contributed by atoms with van der Waals surface area (Å²) in [5, 5.41) is 6.05. The van der Waals surface area contributed by atoms with Crippen molar-refractivity contribution < 1.29 is 14.3 Å². The van der Waals surface area contributed by atoms with E-state index in [1.54, 1.807) is 7.11 Å². The van der Waals surface area contributed by atoms with Crippen LogP contribution in [0.2, 0.25) is 5.02 Å². The number of anilines is 1. The lowest BCUT2D eigenvalue weighted by molar-refractivity contribution is -0.144. The number of methoxy groups -OCH3 is 1. The van der Waals surface area contributed by atoms with Crippen molar-refractivity contribution in [2.24, 2.45) is 0 Å². The number of pyridine rings is 1. The molecule has 0 aliphatic rings.